The second-order valence-corrected chi connectivity index (χ2v) is 6.69. The summed E-state index contributed by atoms with van der Waals surface area (Å²) >= 11 is 0. The first kappa shape index (κ1) is 15.8. The van der Waals surface area contributed by atoms with E-state index in [-0.39, 0.29) is 11.6 Å². The lowest BCUT2D eigenvalue weighted by Gasteiger charge is -2.41. The van der Waals surface area contributed by atoms with Gasteiger partial charge in [0.1, 0.15) is 16.9 Å². The number of fused-ring (bicyclic) bond motifs is 1. The average molecular weight is 291 g/mol. The van der Waals surface area contributed by atoms with Crippen LogP contribution in [0, 0.1) is 0 Å². The largest absolute Gasteiger partial charge is 0.487 e. The van der Waals surface area contributed by atoms with Gasteiger partial charge in [-0.25, -0.2) is 0 Å². The van der Waals surface area contributed by atoms with E-state index in [4.69, 9.17) is 4.74 Å². The predicted molar refractivity (Wildman–Crippen MR) is 82.6 cm³/mol. The summed E-state index contributed by atoms with van der Waals surface area (Å²) in [5.74, 6) is 0.0432. The smallest absolute Gasteiger partial charge is 0.323 e. The van der Waals surface area contributed by atoms with Gasteiger partial charge < -0.3 is 9.84 Å². The minimum atomic E-state index is -0.917. The number of aliphatic carboxylic acids is 1. The predicted octanol–water partition coefficient (Wildman–Crippen LogP) is 3.52. The van der Waals surface area contributed by atoms with Gasteiger partial charge in [-0.1, -0.05) is 31.5 Å². The van der Waals surface area contributed by atoms with Crippen LogP contribution in [0.1, 0.15) is 58.6 Å². The Hall–Kier alpha value is -1.55. The number of para-hydroxylation sites is 1. The molecule has 0 fully saturated rings. The number of hydrogen-bond donors (Lipinski definition) is 2. The number of carboxylic acid groups (broad SMARTS) is 1. The van der Waals surface area contributed by atoms with Gasteiger partial charge in [0.2, 0.25) is 0 Å². The van der Waals surface area contributed by atoms with E-state index < -0.39 is 11.5 Å². The Morgan fingerprint density at radius 1 is 1.48 bits per heavy atom. The SMILES string of the molecule is CCCC(C)(NC1CC(C)(C)Oc2ccccc21)C(=O)O. The number of hydrogen-bond acceptors (Lipinski definition) is 3. The maximum Gasteiger partial charge on any atom is 0.323 e. The van der Waals surface area contributed by atoms with Crippen LogP contribution in [0.5, 0.6) is 5.75 Å². The molecule has 0 bridgehead atoms. The monoisotopic (exact) mass is 291 g/mol. The van der Waals surface area contributed by atoms with Gasteiger partial charge in [0.05, 0.1) is 0 Å². The highest BCUT2D eigenvalue weighted by Crippen LogP contribution is 2.40. The third kappa shape index (κ3) is 3.38. The highest BCUT2D eigenvalue weighted by molar-refractivity contribution is 5.78. The summed E-state index contributed by atoms with van der Waals surface area (Å²) in [6, 6.07) is 7.85. The van der Waals surface area contributed by atoms with Gasteiger partial charge in [-0.15, -0.1) is 0 Å². The Morgan fingerprint density at radius 3 is 2.76 bits per heavy atom. The number of carboxylic acids is 1. The number of ether oxygens (including phenoxy) is 1. The molecule has 0 aliphatic carbocycles. The Bertz CT molecular complexity index is 527. The summed E-state index contributed by atoms with van der Waals surface area (Å²) in [5, 5.41) is 12.9. The van der Waals surface area contributed by atoms with E-state index in [2.05, 4.69) is 5.32 Å². The fourth-order valence-corrected chi connectivity index (χ4v) is 3.06. The van der Waals surface area contributed by atoms with Crippen LogP contribution in [0.25, 0.3) is 0 Å². The Labute approximate surface area is 126 Å². The molecule has 1 aliphatic rings. The normalized spacial score (nSPS) is 22.8. The van der Waals surface area contributed by atoms with Crippen molar-refractivity contribution in [3.63, 3.8) is 0 Å². The quantitative estimate of drug-likeness (QED) is 0.871. The van der Waals surface area contributed by atoms with Gasteiger partial charge in [0.15, 0.2) is 0 Å². The van der Waals surface area contributed by atoms with Gasteiger partial charge in [-0.3, -0.25) is 10.1 Å². The molecule has 1 aromatic carbocycles. The van der Waals surface area contributed by atoms with Crippen LogP contribution in [0.15, 0.2) is 24.3 Å². The number of rotatable bonds is 5. The summed E-state index contributed by atoms with van der Waals surface area (Å²) in [7, 11) is 0. The van der Waals surface area contributed by atoms with Crippen LogP contribution in [0.2, 0.25) is 0 Å². The zero-order valence-corrected chi connectivity index (χ0v) is 13.3. The average Bonchev–Trinajstić information content (AvgIpc) is 2.37. The molecular weight excluding hydrogens is 266 g/mol. The fraction of sp³-hybridized carbons (Fsp3) is 0.588. The van der Waals surface area contributed by atoms with Crippen LogP contribution in [0.4, 0.5) is 0 Å². The number of nitrogens with one attached hydrogen (secondary N) is 1. The Kier molecular flexibility index (Phi) is 4.28. The van der Waals surface area contributed by atoms with Crippen LogP contribution in [-0.4, -0.2) is 22.2 Å². The second kappa shape index (κ2) is 5.68. The first-order valence-electron chi connectivity index (χ1n) is 7.56. The van der Waals surface area contributed by atoms with Crippen molar-refractivity contribution >= 4 is 5.97 Å². The Morgan fingerprint density at radius 2 is 2.14 bits per heavy atom. The molecule has 2 rings (SSSR count). The molecule has 4 heteroatoms. The lowest BCUT2D eigenvalue weighted by Crippen LogP contribution is -2.53. The van der Waals surface area contributed by atoms with Crippen LogP contribution >= 0.6 is 0 Å². The molecule has 0 aromatic heterocycles. The van der Waals surface area contributed by atoms with Crippen molar-refractivity contribution in [1.82, 2.24) is 5.32 Å². The topological polar surface area (TPSA) is 58.6 Å². The van der Waals surface area contributed by atoms with E-state index in [1.807, 2.05) is 45.0 Å². The van der Waals surface area contributed by atoms with E-state index in [1.165, 1.54) is 0 Å². The lowest BCUT2D eigenvalue weighted by atomic mass is 9.86. The zero-order chi connectivity index (χ0) is 15.7. The van der Waals surface area contributed by atoms with Crippen molar-refractivity contribution in [2.75, 3.05) is 0 Å². The van der Waals surface area contributed by atoms with Gasteiger partial charge in [-0.2, -0.15) is 0 Å². The molecule has 0 radical (unpaired) electrons. The molecule has 2 N–H and O–H groups in total. The summed E-state index contributed by atoms with van der Waals surface area (Å²) in [5.41, 5.74) is -0.183. The van der Waals surface area contributed by atoms with E-state index in [9.17, 15) is 9.90 Å². The standard InChI is InChI=1S/C17H25NO3/c1-5-10-17(4,15(19)20)18-13-11-16(2,3)21-14-9-7-6-8-12(13)14/h6-9,13,18H,5,10-11H2,1-4H3,(H,19,20). The summed E-state index contributed by atoms with van der Waals surface area (Å²) in [6.45, 7) is 7.85. The molecule has 0 saturated carbocycles. The third-order valence-corrected chi connectivity index (χ3v) is 4.09. The van der Waals surface area contributed by atoms with Crippen LogP contribution < -0.4 is 10.1 Å². The molecule has 0 spiro atoms. The van der Waals surface area contributed by atoms with Crippen molar-refractivity contribution in [2.24, 2.45) is 0 Å². The molecule has 1 heterocycles. The van der Waals surface area contributed by atoms with E-state index >= 15 is 0 Å². The third-order valence-electron chi connectivity index (χ3n) is 4.09. The van der Waals surface area contributed by atoms with Crippen molar-refractivity contribution < 1.29 is 14.6 Å². The van der Waals surface area contributed by atoms with E-state index in [0.717, 1.165) is 24.2 Å². The summed E-state index contributed by atoms with van der Waals surface area (Å²) in [6.07, 6.45) is 2.17. The molecular formula is C17H25NO3. The van der Waals surface area contributed by atoms with Gasteiger partial charge in [0, 0.05) is 18.0 Å². The summed E-state index contributed by atoms with van der Waals surface area (Å²) < 4.78 is 6.00. The van der Waals surface area contributed by atoms with Gasteiger partial charge >= 0.3 is 5.97 Å². The first-order chi connectivity index (χ1) is 9.77. The maximum atomic E-state index is 11.7. The minimum absolute atomic E-state index is 0.0161. The molecule has 0 saturated heterocycles. The van der Waals surface area contributed by atoms with Crippen molar-refractivity contribution in [3.05, 3.63) is 29.8 Å². The van der Waals surface area contributed by atoms with Gasteiger partial charge in [0.25, 0.3) is 0 Å². The maximum absolute atomic E-state index is 11.7. The molecule has 2 unspecified atom stereocenters. The van der Waals surface area contributed by atoms with E-state index in [1.54, 1.807) is 6.92 Å². The molecule has 21 heavy (non-hydrogen) atoms. The molecule has 2 atom stereocenters. The highest BCUT2D eigenvalue weighted by atomic mass is 16.5. The van der Waals surface area contributed by atoms with Crippen LogP contribution in [-0.2, 0) is 4.79 Å². The number of benzene rings is 1. The molecule has 4 nitrogen and oxygen atoms in total. The minimum Gasteiger partial charge on any atom is -0.487 e. The van der Waals surface area contributed by atoms with Crippen molar-refractivity contribution in [2.45, 2.75) is 64.1 Å². The number of carbonyl (C=O) groups is 1. The molecule has 0 amide bonds. The Balaban J connectivity index is 2.32. The lowest BCUT2D eigenvalue weighted by molar-refractivity contribution is -0.145. The molecule has 116 valence electrons. The van der Waals surface area contributed by atoms with Crippen molar-refractivity contribution in [1.29, 1.82) is 0 Å². The zero-order valence-electron chi connectivity index (χ0n) is 13.3. The summed E-state index contributed by atoms with van der Waals surface area (Å²) in [4.78, 5) is 11.7. The van der Waals surface area contributed by atoms with Gasteiger partial charge in [-0.05, 0) is 33.3 Å². The second-order valence-electron chi connectivity index (χ2n) is 6.69. The first-order valence-corrected chi connectivity index (χ1v) is 7.56. The molecule has 1 aliphatic heterocycles. The van der Waals surface area contributed by atoms with Crippen molar-refractivity contribution in [3.8, 4) is 5.75 Å². The molecule has 1 aromatic rings. The highest BCUT2D eigenvalue weighted by Gasteiger charge is 2.40. The van der Waals surface area contributed by atoms with Crippen LogP contribution in [0.3, 0.4) is 0 Å². The fourth-order valence-electron chi connectivity index (χ4n) is 3.06. The van der Waals surface area contributed by atoms with E-state index in [0.29, 0.717) is 6.42 Å².